The smallest absolute Gasteiger partial charge is 0.241 e. The van der Waals surface area contributed by atoms with E-state index in [0.717, 1.165) is 37.3 Å². The van der Waals surface area contributed by atoms with Gasteiger partial charge < -0.3 is 9.63 Å². The molecule has 1 N–H and O–H groups in total. The molecule has 2 aromatic rings. The van der Waals surface area contributed by atoms with Crippen LogP contribution in [0.3, 0.4) is 0 Å². The lowest BCUT2D eigenvalue weighted by Gasteiger charge is -2.39. The molecule has 2 heterocycles. The quantitative estimate of drug-likeness (QED) is 0.904. The molecule has 0 unspecified atom stereocenters. The van der Waals surface area contributed by atoms with Crippen molar-refractivity contribution in [2.75, 3.05) is 26.2 Å². The van der Waals surface area contributed by atoms with Crippen molar-refractivity contribution in [3.63, 3.8) is 0 Å². The Balaban J connectivity index is 1.61. The SMILES string of the molecule is Cc1ccccc1-c1noc(CN2CCN(C[C@H](C)O)[C@@H](C)C2)n1. The van der Waals surface area contributed by atoms with E-state index in [1.807, 2.05) is 25.1 Å². The van der Waals surface area contributed by atoms with E-state index >= 15 is 0 Å². The van der Waals surface area contributed by atoms with Gasteiger partial charge in [-0.05, 0) is 26.3 Å². The van der Waals surface area contributed by atoms with Crippen molar-refractivity contribution < 1.29 is 9.63 Å². The Kier molecular flexibility index (Phi) is 5.28. The zero-order valence-corrected chi connectivity index (χ0v) is 14.6. The molecule has 0 bridgehead atoms. The molecular weight excluding hydrogens is 304 g/mol. The Hall–Kier alpha value is -1.76. The van der Waals surface area contributed by atoms with Crippen LogP contribution in [0.2, 0.25) is 0 Å². The highest BCUT2D eigenvalue weighted by molar-refractivity contribution is 5.58. The van der Waals surface area contributed by atoms with Crippen LogP contribution >= 0.6 is 0 Å². The lowest BCUT2D eigenvalue weighted by molar-refractivity contribution is 0.0385. The summed E-state index contributed by atoms with van der Waals surface area (Å²) in [5.74, 6) is 1.31. The summed E-state index contributed by atoms with van der Waals surface area (Å²) in [4.78, 5) is 9.21. The summed E-state index contributed by atoms with van der Waals surface area (Å²) in [6, 6.07) is 8.47. The van der Waals surface area contributed by atoms with E-state index in [1.54, 1.807) is 0 Å². The van der Waals surface area contributed by atoms with Crippen molar-refractivity contribution >= 4 is 0 Å². The van der Waals surface area contributed by atoms with Crippen molar-refractivity contribution in [1.82, 2.24) is 19.9 Å². The van der Waals surface area contributed by atoms with Gasteiger partial charge in [0, 0.05) is 37.8 Å². The lowest BCUT2D eigenvalue weighted by Crippen LogP contribution is -2.53. The lowest BCUT2D eigenvalue weighted by atomic mass is 10.1. The van der Waals surface area contributed by atoms with Gasteiger partial charge in [0.15, 0.2) is 0 Å². The Morgan fingerprint density at radius 2 is 2.12 bits per heavy atom. The largest absolute Gasteiger partial charge is 0.392 e. The summed E-state index contributed by atoms with van der Waals surface area (Å²) in [6.45, 7) is 10.3. The van der Waals surface area contributed by atoms with Gasteiger partial charge >= 0.3 is 0 Å². The van der Waals surface area contributed by atoms with Crippen molar-refractivity contribution in [3.8, 4) is 11.4 Å². The number of hydrogen-bond donors (Lipinski definition) is 1. The molecule has 1 aromatic heterocycles. The molecule has 0 amide bonds. The van der Waals surface area contributed by atoms with Crippen LogP contribution < -0.4 is 0 Å². The van der Waals surface area contributed by atoms with Crippen molar-refractivity contribution in [1.29, 1.82) is 0 Å². The second-order valence-corrected chi connectivity index (χ2v) is 6.75. The Morgan fingerprint density at radius 1 is 1.33 bits per heavy atom. The maximum atomic E-state index is 9.57. The first-order valence-electron chi connectivity index (χ1n) is 8.56. The maximum absolute atomic E-state index is 9.57. The predicted octanol–water partition coefficient (Wildman–Crippen LogP) is 1.93. The van der Waals surface area contributed by atoms with Gasteiger partial charge in [-0.15, -0.1) is 0 Å². The summed E-state index contributed by atoms with van der Waals surface area (Å²) in [6.07, 6.45) is -0.286. The third kappa shape index (κ3) is 4.01. The molecule has 1 fully saturated rings. The normalized spacial score (nSPS) is 21.1. The molecule has 0 aliphatic carbocycles. The van der Waals surface area contributed by atoms with Crippen LogP contribution in [0, 0.1) is 6.92 Å². The minimum absolute atomic E-state index is 0.286. The van der Waals surface area contributed by atoms with Crippen LogP contribution in [0.25, 0.3) is 11.4 Å². The fourth-order valence-corrected chi connectivity index (χ4v) is 3.27. The zero-order chi connectivity index (χ0) is 17.1. The first-order chi connectivity index (χ1) is 11.5. The van der Waals surface area contributed by atoms with E-state index in [-0.39, 0.29) is 6.10 Å². The molecule has 3 rings (SSSR count). The first kappa shape index (κ1) is 17.1. The van der Waals surface area contributed by atoms with E-state index in [1.165, 1.54) is 0 Å². The van der Waals surface area contributed by atoms with Gasteiger partial charge in [0.25, 0.3) is 0 Å². The van der Waals surface area contributed by atoms with Crippen LogP contribution in [-0.4, -0.2) is 63.4 Å². The third-order valence-corrected chi connectivity index (χ3v) is 4.56. The third-order valence-electron chi connectivity index (χ3n) is 4.56. The molecule has 24 heavy (non-hydrogen) atoms. The molecule has 6 nitrogen and oxygen atoms in total. The molecule has 1 aliphatic heterocycles. The number of aromatic nitrogens is 2. The van der Waals surface area contributed by atoms with E-state index in [2.05, 4.69) is 39.9 Å². The van der Waals surface area contributed by atoms with Gasteiger partial charge in [-0.25, -0.2) is 0 Å². The summed E-state index contributed by atoms with van der Waals surface area (Å²) in [7, 11) is 0. The standard InChI is InChI=1S/C18H26N4O2/c1-13-6-4-5-7-16(13)18-19-17(24-20-18)12-21-8-9-22(11-15(3)23)14(2)10-21/h4-7,14-15,23H,8-12H2,1-3H3/t14-,15-/m0/s1. The van der Waals surface area contributed by atoms with Crippen molar-refractivity contribution in [2.24, 2.45) is 0 Å². The number of hydrogen-bond acceptors (Lipinski definition) is 6. The van der Waals surface area contributed by atoms with E-state index in [0.29, 0.717) is 24.3 Å². The Morgan fingerprint density at radius 3 is 2.83 bits per heavy atom. The van der Waals surface area contributed by atoms with E-state index in [9.17, 15) is 5.11 Å². The fourth-order valence-electron chi connectivity index (χ4n) is 3.27. The van der Waals surface area contributed by atoms with E-state index < -0.39 is 0 Å². The maximum Gasteiger partial charge on any atom is 0.241 e. The van der Waals surface area contributed by atoms with Crippen LogP contribution in [0.15, 0.2) is 28.8 Å². The number of aryl methyl sites for hydroxylation is 1. The average Bonchev–Trinajstić information content (AvgIpc) is 2.98. The number of rotatable bonds is 5. The number of piperazine rings is 1. The highest BCUT2D eigenvalue weighted by Crippen LogP contribution is 2.20. The monoisotopic (exact) mass is 330 g/mol. The van der Waals surface area contributed by atoms with Crippen molar-refractivity contribution in [3.05, 3.63) is 35.7 Å². The summed E-state index contributed by atoms with van der Waals surface area (Å²) in [5.41, 5.74) is 2.16. The molecule has 2 atom stereocenters. The molecule has 0 spiro atoms. The van der Waals surface area contributed by atoms with Gasteiger partial charge in [-0.1, -0.05) is 29.4 Å². The molecule has 130 valence electrons. The Labute approximate surface area is 143 Å². The van der Waals surface area contributed by atoms with Gasteiger partial charge in [-0.2, -0.15) is 4.98 Å². The van der Waals surface area contributed by atoms with Gasteiger partial charge in [0.05, 0.1) is 12.6 Å². The second-order valence-electron chi connectivity index (χ2n) is 6.75. The number of β-amino-alcohol motifs (C(OH)–C–C–N with tert-alkyl or cyclic N) is 1. The summed E-state index contributed by atoms with van der Waals surface area (Å²) < 4.78 is 5.45. The van der Waals surface area contributed by atoms with Crippen LogP contribution in [0.5, 0.6) is 0 Å². The minimum Gasteiger partial charge on any atom is -0.392 e. The van der Waals surface area contributed by atoms with Gasteiger partial charge in [-0.3, -0.25) is 9.80 Å². The van der Waals surface area contributed by atoms with Crippen molar-refractivity contribution in [2.45, 2.75) is 39.5 Å². The van der Waals surface area contributed by atoms with Crippen LogP contribution in [0.4, 0.5) is 0 Å². The summed E-state index contributed by atoms with van der Waals surface area (Å²) >= 11 is 0. The predicted molar refractivity (Wildman–Crippen MR) is 92.5 cm³/mol. The number of aliphatic hydroxyl groups excluding tert-OH is 1. The summed E-state index contributed by atoms with van der Waals surface area (Å²) in [5, 5.41) is 13.7. The van der Waals surface area contributed by atoms with Crippen LogP contribution in [0.1, 0.15) is 25.3 Å². The molecule has 1 aromatic carbocycles. The number of nitrogens with zero attached hydrogens (tertiary/aromatic N) is 4. The number of benzene rings is 1. The molecule has 0 radical (unpaired) electrons. The molecule has 1 saturated heterocycles. The van der Waals surface area contributed by atoms with E-state index in [4.69, 9.17) is 4.52 Å². The highest BCUT2D eigenvalue weighted by atomic mass is 16.5. The molecule has 1 aliphatic rings. The minimum atomic E-state index is -0.286. The molecule has 6 heteroatoms. The average molecular weight is 330 g/mol. The Bertz CT molecular complexity index is 671. The molecule has 0 saturated carbocycles. The second kappa shape index (κ2) is 7.42. The van der Waals surface area contributed by atoms with Gasteiger partial charge in [0.1, 0.15) is 0 Å². The van der Waals surface area contributed by atoms with Crippen LogP contribution in [-0.2, 0) is 6.54 Å². The highest BCUT2D eigenvalue weighted by Gasteiger charge is 2.25. The van der Waals surface area contributed by atoms with Gasteiger partial charge in [0.2, 0.25) is 11.7 Å². The molecular formula is C18H26N4O2. The zero-order valence-electron chi connectivity index (χ0n) is 14.6. The topological polar surface area (TPSA) is 65.6 Å². The fraction of sp³-hybridized carbons (Fsp3) is 0.556. The first-order valence-corrected chi connectivity index (χ1v) is 8.56. The number of aliphatic hydroxyl groups is 1.